The Bertz CT molecular complexity index is 828. The lowest BCUT2D eigenvalue weighted by atomic mass is 9.93. The first kappa shape index (κ1) is 17.7. The van der Waals surface area contributed by atoms with Gasteiger partial charge in [0.1, 0.15) is 10.7 Å². The van der Waals surface area contributed by atoms with Gasteiger partial charge in [0.05, 0.1) is 18.1 Å². The maximum Gasteiger partial charge on any atom is 0.229 e. The summed E-state index contributed by atoms with van der Waals surface area (Å²) in [6.07, 6.45) is 6.70. The quantitative estimate of drug-likeness (QED) is 0.798. The number of anilines is 1. The first-order valence-electron chi connectivity index (χ1n) is 9.43. The fourth-order valence-electron chi connectivity index (χ4n) is 3.88. The molecule has 1 aliphatic carbocycles. The van der Waals surface area contributed by atoms with E-state index in [1.165, 1.54) is 6.42 Å². The summed E-state index contributed by atoms with van der Waals surface area (Å²) in [6, 6.07) is 3.90. The molecule has 3 heterocycles. The Morgan fingerprint density at radius 1 is 1.31 bits per heavy atom. The maximum atomic E-state index is 12.6. The molecule has 2 aromatic heterocycles. The number of carbonyl (C=O) groups is 1. The number of pyridine rings is 1. The van der Waals surface area contributed by atoms with E-state index in [9.17, 15) is 4.79 Å². The first-order valence-corrected chi connectivity index (χ1v) is 9.81. The van der Waals surface area contributed by atoms with Crippen LogP contribution >= 0.6 is 11.6 Å². The largest absolute Gasteiger partial charge is 0.372 e. The molecule has 0 bridgehead atoms. The number of imidazole rings is 1. The van der Waals surface area contributed by atoms with Crippen molar-refractivity contribution in [3.63, 3.8) is 0 Å². The molecule has 1 atom stereocenters. The maximum absolute atomic E-state index is 12.6. The van der Waals surface area contributed by atoms with Gasteiger partial charge in [0.25, 0.3) is 0 Å². The SMILES string of the molecule is CC1(C)CCC[C@@H](CC(=O)Nc2nc3ccc(Cl)nc3n2C2CCC2)O1. The molecule has 2 aromatic rings. The van der Waals surface area contributed by atoms with Crippen LogP contribution in [0.2, 0.25) is 5.15 Å². The van der Waals surface area contributed by atoms with Gasteiger partial charge in [0.2, 0.25) is 11.9 Å². The molecule has 26 heavy (non-hydrogen) atoms. The van der Waals surface area contributed by atoms with Crippen LogP contribution in [-0.4, -0.2) is 32.1 Å². The first-order chi connectivity index (χ1) is 12.4. The molecule has 0 spiro atoms. The van der Waals surface area contributed by atoms with Gasteiger partial charge in [-0.05, 0) is 64.5 Å². The minimum absolute atomic E-state index is 0.0344. The van der Waals surface area contributed by atoms with Crippen molar-refractivity contribution in [2.75, 3.05) is 5.32 Å². The van der Waals surface area contributed by atoms with Crippen molar-refractivity contribution in [1.82, 2.24) is 14.5 Å². The molecular formula is C19H25ClN4O2. The summed E-state index contributed by atoms with van der Waals surface area (Å²) >= 11 is 6.07. The fourth-order valence-corrected chi connectivity index (χ4v) is 4.02. The van der Waals surface area contributed by atoms with E-state index in [0.717, 1.165) is 43.3 Å². The Morgan fingerprint density at radius 2 is 2.12 bits per heavy atom. The van der Waals surface area contributed by atoms with E-state index >= 15 is 0 Å². The Balaban J connectivity index is 1.54. The third-order valence-electron chi connectivity index (χ3n) is 5.40. The van der Waals surface area contributed by atoms with Crippen molar-refractivity contribution < 1.29 is 9.53 Å². The number of amides is 1. The molecule has 0 unspecified atom stereocenters. The summed E-state index contributed by atoms with van der Waals surface area (Å²) in [6.45, 7) is 4.17. The van der Waals surface area contributed by atoms with E-state index < -0.39 is 0 Å². The highest BCUT2D eigenvalue weighted by molar-refractivity contribution is 6.29. The zero-order chi connectivity index (χ0) is 18.3. The summed E-state index contributed by atoms with van der Waals surface area (Å²) in [5, 5.41) is 3.43. The van der Waals surface area contributed by atoms with Gasteiger partial charge in [-0.2, -0.15) is 0 Å². The highest BCUT2D eigenvalue weighted by atomic mass is 35.5. The molecule has 4 rings (SSSR count). The molecule has 140 valence electrons. The van der Waals surface area contributed by atoms with E-state index in [2.05, 4.69) is 29.1 Å². The molecule has 0 radical (unpaired) electrons. The summed E-state index contributed by atoms with van der Waals surface area (Å²) < 4.78 is 8.08. The lowest BCUT2D eigenvalue weighted by molar-refractivity contribution is -0.131. The normalized spacial score (nSPS) is 23.0. The summed E-state index contributed by atoms with van der Waals surface area (Å²) in [5.74, 6) is 0.509. The number of hydrogen-bond acceptors (Lipinski definition) is 4. The topological polar surface area (TPSA) is 69.0 Å². The van der Waals surface area contributed by atoms with E-state index in [1.807, 2.05) is 10.6 Å². The van der Waals surface area contributed by atoms with E-state index in [-0.39, 0.29) is 17.6 Å². The molecule has 0 aromatic carbocycles. The number of aromatic nitrogens is 3. The number of nitrogens with one attached hydrogen (secondary N) is 1. The zero-order valence-electron chi connectivity index (χ0n) is 15.3. The highest BCUT2D eigenvalue weighted by Gasteiger charge is 2.31. The van der Waals surface area contributed by atoms with Crippen molar-refractivity contribution in [1.29, 1.82) is 0 Å². The average molecular weight is 377 g/mol. The number of carbonyl (C=O) groups excluding carboxylic acids is 1. The van der Waals surface area contributed by atoms with Crippen molar-refractivity contribution in [3.8, 4) is 0 Å². The Morgan fingerprint density at radius 3 is 2.81 bits per heavy atom. The number of rotatable bonds is 4. The number of halogens is 1. The van der Waals surface area contributed by atoms with Crippen LogP contribution in [0.25, 0.3) is 11.2 Å². The summed E-state index contributed by atoms with van der Waals surface area (Å²) in [4.78, 5) is 21.6. The molecule has 1 amide bonds. The van der Waals surface area contributed by atoms with Crippen molar-refractivity contribution in [2.24, 2.45) is 0 Å². The van der Waals surface area contributed by atoms with Crippen LogP contribution in [0.1, 0.15) is 64.8 Å². The van der Waals surface area contributed by atoms with Gasteiger partial charge in [-0.15, -0.1) is 0 Å². The van der Waals surface area contributed by atoms with Crippen LogP contribution in [0.5, 0.6) is 0 Å². The Hall–Kier alpha value is -1.66. The minimum atomic E-state index is -0.150. The van der Waals surface area contributed by atoms with Crippen LogP contribution < -0.4 is 5.32 Å². The number of hydrogen-bond donors (Lipinski definition) is 1. The molecule has 1 saturated carbocycles. The number of ether oxygens (including phenoxy) is 1. The van der Waals surface area contributed by atoms with Gasteiger partial charge in [-0.25, -0.2) is 9.97 Å². The molecule has 6 nitrogen and oxygen atoms in total. The Kier molecular flexibility index (Phi) is 4.65. The van der Waals surface area contributed by atoms with Crippen LogP contribution in [-0.2, 0) is 9.53 Å². The lowest BCUT2D eigenvalue weighted by Crippen LogP contribution is -2.37. The second-order valence-electron chi connectivity index (χ2n) is 8.01. The molecule has 1 saturated heterocycles. The van der Waals surface area contributed by atoms with E-state index in [4.69, 9.17) is 16.3 Å². The summed E-state index contributed by atoms with van der Waals surface area (Å²) in [5.41, 5.74) is 1.35. The van der Waals surface area contributed by atoms with E-state index in [0.29, 0.717) is 23.6 Å². The molecule has 1 N–H and O–H groups in total. The fraction of sp³-hybridized carbons (Fsp3) is 0.632. The van der Waals surface area contributed by atoms with Gasteiger partial charge in [0, 0.05) is 6.04 Å². The third kappa shape index (κ3) is 3.58. The van der Waals surface area contributed by atoms with Crippen molar-refractivity contribution >= 4 is 34.6 Å². The number of fused-ring (bicyclic) bond motifs is 1. The molecule has 2 fully saturated rings. The predicted octanol–water partition coefficient (Wildman–Crippen LogP) is 4.49. The highest BCUT2D eigenvalue weighted by Crippen LogP contribution is 2.37. The Labute approximate surface area is 158 Å². The second kappa shape index (κ2) is 6.82. The minimum Gasteiger partial charge on any atom is -0.372 e. The van der Waals surface area contributed by atoms with Gasteiger partial charge >= 0.3 is 0 Å². The van der Waals surface area contributed by atoms with Gasteiger partial charge < -0.3 is 4.74 Å². The van der Waals surface area contributed by atoms with Crippen LogP contribution in [0.4, 0.5) is 5.95 Å². The van der Waals surface area contributed by atoms with Gasteiger partial charge in [-0.1, -0.05) is 11.6 Å². The zero-order valence-corrected chi connectivity index (χ0v) is 16.1. The van der Waals surface area contributed by atoms with E-state index in [1.54, 1.807) is 6.07 Å². The standard InChI is InChI=1S/C19H25ClN4O2/c1-19(2)10-4-7-13(26-19)11-16(25)23-18-21-14-8-9-15(20)22-17(14)24(18)12-5-3-6-12/h8-9,12-13H,3-7,10-11H2,1-2H3,(H,21,23,25)/t13-/m0/s1. The molecule has 1 aliphatic heterocycles. The monoisotopic (exact) mass is 376 g/mol. The van der Waals surface area contributed by atoms with Crippen LogP contribution in [0, 0.1) is 0 Å². The average Bonchev–Trinajstić information content (AvgIpc) is 2.82. The molecule has 2 aliphatic rings. The van der Waals surface area contributed by atoms with Crippen LogP contribution in [0.15, 0.2) is 12.1 Å². The van der Waals surface area contributed by atoms with Gasteiger partial charge in [0.15, 0.2) is 5.65 Å². The van der Waals surface area contributed by atoms with Crippen LogP contribution in [0.3, 0.4) is 0 Å². The van der Waals surface area contributed by atoms with Gasteiger partial charge in [-0.3, -0.25) is 14.7 Å². The second-order valence-corrected chi connectivity index (χ2v) is 8.40. The lowest BCUT2D eigenvalue weighted by Gasteiger charge is -2.35. The third-order valence-corrected chi connectivity index (χ3v) is 5.61. The smallest absolute Gasteiger partial charge is 0.229 e. The molecule has 7 heteroatoms. The van der Waals surface area contributed by atoms with Crippen molar-refractivity contribution in [3.05, 3.63) is 17.3 Å². The molecular weight excluding hydrogens is 352 g/mol. The predicted molar refractivity (Wildman–Crippen MR) is 101 cm³/mol. The van der Waals surface area contributed by atoms with Crippen molar-refractivity contribution in [2.45, 2.75) is 76.5 Å². The number of nitrogens with zero attached hydrogens (tertiary/aromatic N) is 3. The summed E-state index contributed by atoms with van der Waals surface area (Å²) in [7, 11) is 0.